The van der Waals surface area contributed by atoms with E-state index in [4.69, 9.17) is 14.2 Å². The standard InChI is InChI=1S/C22H21BrF2N2O5/c1-12(28)18-20(32-17-9-14(21(24)25)8-16(23)19(17)31-3)22(29)27(11-26-18)10-13-4-6-15(30-2)7-5-13/h4-9,11-12,21,28H,10H2,1-3H3. The van der Waals surface area contributed by atoms with Gasteiger partial charge in [0.1, 0.15) is 11.4 Å². The molecule has 0 saturated heterocycles. The van der Waals surface area contributed by atoms with Crippen molar-refractivity contribution in [2.45, 2.75) is 26.0 Å². The Hall–Kier alpha value is -2.98. The molecule has 170 valence electrons. The summed E-state index contributed by atoms with van der Waals surface area (Å²) in [6.07, 6.45) is -2.61. The van der Waals surface area contributed by atoms with Crippen LogP contribution in [0.1, 0.15) is 36.3 Å². The Morgan fingerprint density at radius 3 is 2.38 bits per heavy atom. The maximum absolute atomic E-state index is 13.3. The third-order valence-electron chi connectivity index (χ3n) is 4.63. The Balaban J connectivity index is 2.07. The Labute approximate surface area is 191 Å². The number of ether oxygens (including phenoxy) is 3. The van der Waals surface area contributed by atoms with Gasteiger partial charge in [0, 0.05) is 5.56 Å². The Bertz CT molecular complexity index is 1150. The highest BCUT2D eigenvalue weighted by molar-refractivity contribution is 9.10. The monoisotopic (exact) mass is 510 g/mol. The second-order valence-corrected chi connectivity index (χ2v) is 7.71. The molecule has 0 spiro atoms. The van der Waals surface area contributed by atoms with Crippen molar-refractivity contribution in [1.29, 1.82) is 0 Å². The predicted octanol–water partition coefficient (Wildman–Crippen LogP) is 4.85. The molecule has 0 aliphatic rings. The number of rotatable bonds is 8. The van der Waals surface area contributed by atoms with Crippen LogP contribution in [0.3, 0.4) is 0 Å². The number of methoxy groups -OCH3 is 2. The van der Waals surface area contributed by atoms with Crippen molar-refractivity contribution >= 4 is 15.9 Å². The summed E-state index contributed by atoms with van der Waals surface area (Å²) >= 11 is 3.18. The normalized spacial score (nSPS) is 12.0. The van der Waals surface area contributed by atoms with Gasteiger partial charge >= 0.3 is 0 Å². The fraction of sp³-hybridized carbons (Fsp3) is 0.273. The average molecular weight is 511 g/mol. The molecule has 1 atom stereocenters. The zero-order valence-corrected chi connectivity index (χ0v) is 19.1. The second-order valence-electron chi connectivity index (χ2n) is 6.85. The van der Waals surface area contributed by atoms with Crippen molar-refractivity contribution in [1.82, 2.24) is 9.55 Å². The average Bonchev–Trinajstić information content (AvgIpc) is 2.76. The first-order valence-electron chi connectivity index (χ1n) is 9.48. The van der Waals surface area contributed by atoms with Crippen LogP contribution in [-0.2, 0) is 6.54 Å². The molecule has 0 bridgehead atoms. The van der Waals surface area contributed by atoms with Crippen LogP contribution in [0, 0.1) is 0 Å². The molecule has 1 N–H and O–H groups in total. The maximum atomic E-state index is 13.3. The van der Waals surface area contributed by atoms with E-state index in [-0.39, 0.29) is 39.5 Å². The molecule has 1 aromatic heterocycles. The van der Waals surface area contributed by atoms with E-state index < -0.39 is 18.1 Å². The maximum Gasteiger partial charge on any atom is 0.297 e. The zero-order valence-electron chi connectivity index (χ0n) is 17.5. The van der Waals surface area contributed by atoms with Crippen LogP contribution in [-0.4, -0.2) is 28.9 Å². The lowest BCUT2D eigenvalue weighted by atomic mass is 10.2. The van der Waals surface area contributed by atoms with Crippen molar-refractivity contribution in [3.05, 3.63) is 74.4 Å². The Morgan fingerprint density at radius 1 is 1.12 bits per heavy atom. The molecule has 0 fully saturated rings. The first-order valence-corrected chi connectivity index (χ1v) is 10.3. The summed E-state index contributed by atoms with van der Waals surface area (Å²) in [5.41, 5.74) is -0.145. The fourth-order valence-corrected chi connectivity index (χ4v) is 3.64. The first-order chi connectivity index (χ1) is 15.2. The van der Waals surface area contributed by atoms with Gasteiger partial charge < -0.3 is 19.3 Å². The number of hydrogen-bond donors (Lipinski definition) is 1. The van der Waals surface area contributed by atoms with Crippen LogP contribution in [0.25, 0.3) is 0 Å². The van der Waals surface area contributed by atoms with Gasteiger partial charge in [-0.2, -0.15) is 0 Å². The van der Waals surface area contributed by atoms with Crippen molar-refractivity contribution < 1.29 is 28.1 Å². The molecule has 2 aromatic carbocycles. The van der Waals surface area contributed by atoms with Crippen LogP contribution >= 0.6 is 15.9 Å². The minimum Gasteiger partial charge on any atom is -0.497 e. The lowest BCUT2D eigenvalue weighted by molar-refractivity contribution is 0.150. The van der Waals surface area contributed by atoms with E-state index in [1.807, 2.05) is 0 Å². The Morgan fingerprint density at radius 2 is 1.81 bits per heavy atom. The number of halogens is 3. The zero-order chi connectivity index (χ0) is 23.4. The highest BCUT2D eigenvalue weighted by atomic mass is 79.9. The molecular weight excluding hydrogens is 490 g/mol. The molecule has 10 heteroatoms. The minimum atomic E-state index is -2.77. The van der Waals surface area contributed by atoms with Crippen LogP contribution in [0.4, 0.5) is 8.78 Å². The SMILES string of the molecule is COc1ccc(Cn2cnc(C(C)O)c(Oc3cc(C(F)F)cc(Br)c3OC)c2=O)cc1. The van der Waals surface area contributed by atoms with Crippen LogP contribution in [0.2, 0.25) is 0 Å². The van der Waals surface area contributed by atoms with Crippen molar-refractivity contribution in [2.75, 3.05) is 14.2 Å². The molecule has 0 radical (unpaired) electrons. The van der Waals surface area contributed by atoms with Crippen molar-refractivity contribution in [3.8, 4) is 23.0 Å². The predicted molar refractivity (Wildman–Crippen MR) is 117 cm³/mol. The van der Waals surface area contributed by atoms with Gasteiger partial charge in [-0.3, -0.25) is 9.36 Å². The highest BCUT2D eigenvalue weighted by Gasteiger charge is 2.22. The number of benzene rings is 2. The van der Waals surface area contributed by atoms with E-state index in [2.05, 4.69) is 20.9 Å². The molecule has 3 rings (SSSR count). The summed E-state index contributed by atoms with van der Waals surface area (Å²) in [5, 5.41) is 10.1. The molecule has 0 amide bonds. The molecule has 3 aromatic rings. The van der Waals surface area contributed by atoms with Gasteiger partial charge in [-0.25, -0.2) is 13.8 Å². The molecule has 0 aliphatic heterocycles. The summed E-state index contributed by atoms with van der Waals surface area (Å²) < 4.78 is 44.3. The van der Waals surface area contributed by atoms with E-state index in [1.54, 1.807) is 31.4 Å². The highest BCUT2D eigenvalue weighted by Crippen LogP contribution is 2.41. The lowest BCUT2D eigenvalue weighted by Crippen LogP contribution is -2.24. The molecule has 32 heavy (non-hydrogen) atoms. The van der Waals surface area contributed by atoms with E-state index in [0.717, 1.165) is 11.6 Å². The molecular formula is C22H21BrF2N2O5. The summed E-state index contributed by atoms with van der Waals surface area (Å²) in [4.78, 5) is 17.4. The molecule has 7 nitrogen and oxygen atoms in total. The van der Waals surface area contributed by atoms with Crippen molar-refractivity contribution in [3.63, 3.8) is 0 Å². The summed E-state index contributed by atoms with van der Waals surface area (Å²) in [6, 6.07) is 9.39. The third-order valence-corrected chi connectivity index (χ3v) is 5.22. The summed E-state index contributed by atoms with van der Waals surface area (Å²) in [5.74, 6) is 0.396. The topological polar surface area (TPSA) is 82.8 Å². The van der Waals surface area contributed by atoms with E-state index in [9.17, 15) is 18.7 Å². The number of nitrogens with zero attached hydrogens (tertiary/aromatic N) is 2. The van der Waals surface area contributed by atoms with E-state index in [1.165, 1.54) is 31.0 Å². The number of alkyl halides is 2. The number of hydrogen-bond acceptors (Lipinski definition) is 6. The fourth-order valence-electron chi connectivity index (χ4n) is 3.01. The molecule has 1 heterocycles. The second kappa shape index (κ2) is 10.1. The third kappa shape index (κ3) is 5.08. The van der Waals surface area contributed by atoms with Crippen LogP contribution in [0.5, 0.6) is 23.0 Å². The smallest absolute Gasteiger partial charge is 0.297 e. The largest absolute Gasteiger partial charge is 0.497 e. The molecule has 0 saturated carbocycles. The van der Waals surface area contributed by atoms with Crippen LogP contribution in [0.15, 0.2) is 52.0 Å². The number of aliphatic hydroxyl groups excluding tert-OH is 1. The van der Waals surface area contributed by atoms with Gasteiger partial charge in [-0.15, -0.1) is 0 Å². The van der Waals surface area contributed by atoms with E-state index in [0.29, 0.717) is 5.75 Å². The quantitative estimate of drug-likeness (QED) is 0.466. The van der Waals surface area contributed by atoms with Gasteiger partial charge in [0.25, 0.3) is 12.0 Å². The first kappa shape index (κ1) is 23.7. The van der Waals surface area contributed by atoms with Gasteiger partial charge in [0.2, 0.25) is 5.75 Å². The summed E-state index contributed by atoms with van der Waals surface area (Å²) in [7, 11) is 2.90. The van der Waals surface area contributed by atoms with Gasteiger partial charge in [0.15, 0.2) is 11.5 Å². The van der Waals surface area contributed by atoms with Gasteiger partial charge in [-0.1, -0.05) is 12.1 Å². The summed E-state index contributed by atoms with van der Waals surface area (Å²) in [6.45, 7) is 1.59. The van der Waals surface area contributed by atoms with Gasteiger partial charge in [-0.05, 0) is 52.7 Å². The number of aliphatic hydroxyl groups is 1. The molecule has 1 unspecified atom stereocenters. The van der Waals surface area contributed by atoms with Gasteiger partial charge in [0.05, 0.1) is 37.7 Å². The number of aromatic nitrogens is 2. The lowest BCUT2D eigenvalue weighted by Gasteiger charge is -2.17. The van der Waals surface area contributed by atoms with E-state index >= 15 is 0 Å². The Kier molecular flexibility index (Phi) is 7.47. The van der Waals surface area contributed by atoms with Crippen LogP contribution < -0.4 is 19.8 Å². The molecule has 0 aliphatic carbocycles. The van der Waals surface area contributed by atoms with Crippen molar-refractivity contribution in [2.24, 2.45) is 0 Å². The minimum absolute atomic E-state index is 0.0263.